The molecule has 0 aliphatic carbocycles. The van der Waals surface area contributed by atoms with Gasteiger partial charge in [0.05, 0.1) is 13.7 Å². The Morgan fingerprint density at radius 2 is 1.46 bits per heavy atom. The number of aliphatic hydroxyl groups excluding tert-OH is 5. The lowest BCUT2D eigenvalue weighted by atomic mass is 9.97. The van der Waals surface area contributed by atoms with Crippen LogP contribution >= 0.6 is 0 Å². The molecule has 4 atom stereocenters. The highest BCUT2D eigenvalue weighted by Crippen LogP contribution is 2.12. The lowest BCUT2D eigenvalue weighted by Crippen LogP contribution is -2.47. The van der Waals surface area contributed by atoms with E-state index in [1.54, 1.807) is 0 Å². The van der Waals surface area contributed by atoms with Gasteiger partial charge in [0.15, 0.2) is 5.78 Å². The van der Waals surface area contributed by atoms with Gasteiger partial charge < -0.3 is 30.3 Å². The number of ketones is 1. The Morgan fingerprint density at radius 3 is 2.00 bits per heavy atom. The van der Waals surface area contributed by atoms with E-state index in [9.17, 15) is 30.0 Å². The van der Waals surface area contributed by atoms with Gasteiger partial charge in [-0.2, -0.15) is 0 Å². The van der Waals surface area contributed by atoms with Crippen molar-refractivity contribution in [3.05, 3.63) is 0 Å². The molecule has 0 amide bonds. The fraction of sp³-hybridized carbons (Fsp3) is 0.875. The van der Waals surface area contributed by atoms with Crippen LogP contribution in [0.3, 0.4) is 0 Å². The van der Waals surface area contributed by atoms with Gasteiger partial charge in [0, 0.05) is 6.42 Å². The van der Waals surface area contributed by atoms with E-state index >= 15 is 0 Å². The normalized spacial score (nSPS) is 16.2. The molecule has 142 valence electrons. The smallest absolute Gasteiger partial charge is 0.305 e. The van der Waals surface area contributed by atoms with Crippen LogP contribution < -0.4 is 0 Å². The molecule has 0 aromatic heterocycles. The van der Waals surface area contributed by atoms with Crippen LogP contribution in [0.4, 0.5) is 0 Å². The molecular formula is C16H30O8. The largest absolute Gasteiger partial charge is 0.469 e. The summed E-state index contributed by atoms with van der Waals surface area (Å²) in [6, 6.07) is 0. The molecule has 8 heteroatoms. The Bertz CT molecular complexity index is 360. The Labute approximate surface area is 142 Å². The Kier molecular flexibility index (Phi) is 12.7. The van der Waals surface area contributed by atoms with E-state index in [4.69, 9.17) is 5.11 Å². The number of esters is 1. The standard InChI is InChI=1S/C16H30O8/c1-24-13(20)9-7-5-3-2-4-6-8-11(18)14(21)16(23)15(22)12(19)10-17/h11-12,15-19,22-23H,2-10H2,1H3/t11?,12-,15-,16-/m1/s1. The zero-order valence-corrected chi connectivity index (χ0v) is 14.1. The van der Waals surface area contributed by atoms with Crippen molar-refractivity contribution in [2.75, 3.05) is 13.7 Å². The van der Waals surface area contributed by atoms with E-state index in [0.29, 0.717) is 12.8 Å². The van der Waals surface area contributed by atoms with Crippen LogP contribution in [0.5, 0.6) is 0 Å². The van der Waals surface area contributed by atoms with Crippen LogP contribution in [-0.4, -0.2) is 75.4 Å². The minimum absolute atomic E-state index is 0.153. The maximum Gasteiger partial charge on any atom is 0.305 e. The highest BCUT2D eigenvalue weighted by molar-refractivity contribution is 5.87. The average Bonchev–Trinajstić information content (AvgIpc) is 2.60. The summed E-state index contributed by atoms with van der Waals surface area (Å²) in [6.07, 6.45) is -1.37. The van der Waals surface area contributed by atoms with E-state index < -0.39 is 36.8 Å². The molecule has 0 spiro atoms. The fourth-order valence-electron chi connectivity index (χ4n) is 2.24. The summed E-state index contributed by atoms with van der Waals surface area (Å²) in [6.45, 7) is -0.794. The zero-order valence-electron chi connectivity index (χ0n) is 14.1. The van der Waals surface area contributed by atoms with Gasteiger partial charge >= 0.3 is 5.97 Å². The number of hydrogen-bond acceptors (Lipinski definition) is 8. The molecule has 0 bridgehead atoms. The van der Waals surface area contributed by atoms with Gasteiger partial charge in [0.25, 0.3) is 0 Å². The predicted molar refractivity (Wildman–Crippen MR) is 85.1 cm³/mol. The SMILES string of the molecule is COC(=O)CCCCCCCCC(O)C(=O)[C@@H](O)[C@H](O)[C@H](O)CO. The second-order valence-corrected chi connectivity index (χ2v) is 5.84. The average molecular weight is 350 g/mol. The molecule has 0 saturated carbocycles. The van der Waals surface area contributed by atoms with Crippen molar-refractivity contribution in [1.82, 2.24) is 0 Å². The maximum atomic E-state index is 11.7. The van der Waals surface area contributed by atoms with E-state index in [1.807, 2.05) is 0 Å². The summed E-state index contributed by atoms with van der Waals surface area (Å²) >= 11 is 0. The first kappa shape index (κ1) is 22.9. The molecular weight excluding hydrogens is 320 g/mol. The molecule has 24 heavy (non-hydrogen) atoms. The number of carbonyl (C=O) groups is 2. The molecule has 8 nitrogen and oxygen atoms in total. The number of ether oxygens (including phenoxy) is 1. The molecule has 0 heterocycles. The van der Waals surface area contributed by atoms with Gasteiger partial charge in [-0.25, -0.2) is 0 Å². The minimum Gasteiger partial charge on any atom is -0.469 e. The van der Waals surface area contributed by atoms with Gasteiger partial charge in [0.1, 0.15) is 24.4 Å². The molecule has 1 unspecified atom stereocenters. The number of unbranched alkanes of at least 4 members (excludes halogenated alkanes) is 5. The summed E-state index contributed by atoms with van der Waals surface area (Å²) in [7, 11) is 1.36. The van der Waals surface area contributed by atoms with Crippen LogP contribution in [0.1, 0.15) is 51.4 Å². The maximum absolute atomic E-state index is 11.7. The number of aliphatic hydroxyl groups is 5. The van der Waals surface area contributed by atoms with Crippen molar-refractivity contribution in [2.24, 2.45) is 0 Å². The van der Waals surface area contributed by atoms with Gasteiger partial charge in [-0.1, -0.05) is 32.1 Å². The number of methoxy groups -OCH3 is 1. The summed E-state index contributed by atoms with van der Waals surface area (Å²) in [5.41, 5.74) is 0. The highest BCUT2D eigenvalue weighted by Gasteiger charge is 2.33. The minimum atomic E-state index is -1.93. The zero-order chi connectivity index (χ0) is 18.5. The van der Waals surface area contributed by atoms with Crippen LogP contribution in [0.2, 0.25) is 0 Å². The van der Waals surface area contributed by atoms with Crippen molar-refractivity contribution < 1.29 is 39.9 Å². The first-order valence-electron chi connectivity index (χ1n) is 8.28. The first-order chi connectivity index (χ1) is 11.3. The van der Waals surface area contributed by atoms with Crippen LogP contribution in [0.25, 0.3) is 0 Å². The van der Waals surface area contributed by atoms with Crippen molar-refractivity contribution in [1.29, 1.82) is 0 Å². The third kappa shape index (κ3) is 9.29. The van der Waals surface area contributed by atoms with Gasteiger partial charge in [-0.3, -0.25) is 9.59 Å². The summed E-state index contributed by atoms with van der Waals surface area (Å²) in [5, 5.41) is 46.5. The first-order valence-corrected chi connectivity index (χ1v) is 8.28. The van der Waals surface area contributed by atoms with Crippen molar-refractivity contribution in [3.63, 3.8) is 0 Å². The third-order valence-corrected chi connectivity index (χ3v) is 3.86. The molecule has 5 N–H and O–H groups in total. The monoisotopic (exact) mass is 350 g/mol. The molecule has 0 aliphatic rings. The van der Waals surface area contributed by atoms with E-state index in [0.717, 1.165) is 32.1 Å². The predicted octanol–water partition coefficient (Wildman–Crippen LogP) is -0.715. The number of Topliss-reactive ketones (excluding diaryl/α,β-unsaturated/α-hetero) is 1. The van der Waals surface area contributed by atoms with E-state index in [-0.39, 0.29) is 12.4 Å². The number of hydrogen-bond donors (Lipinski definition) is 5. The quantitative estimate of drug-likeness (QED) is 0.204. The van der Waals surface area contributed by atoms with Gasteiger partial charge in [0.2, 0.25) is 0 Å². The molecule has 0 rings (SSSR count). The molecule has 0 radical (unpaired) electrons. The summed E-state index contributed by atoms with van der Waals surface area (Å²) in [4.78, 5) is 22.6. The van der Waals surface area contributed by atoms with E-state index in [1.165, 1.54) is 7.11 Å². The number of carbonyl (C=O) groups excluding carboxylic acids is 2. The molecule has 0 fully saturated rings. The summed E-state index contributed by atoms with van der Waals surface area (Å²) < 4.78 is 4.54. The van der Waals surface area contributed by atoms with Crippen LogP contribution in [0.15, 0.2) is 0 Å². The Balaban J connectivity index is 3.79. The topological polar surface area (TPSA) is 145 Å². The fourth-order valence-corrected chi connectivity index (χ4v) is 2.24. The van der Waals surface area contributed by atoms with Gasteiger partial charge in [-0.05, 0) is 12.8 Å². The molecule has 0 saturated heterocycles. The van der Waals surface area contributed by atoms with Crippen LogP contribution in [0, 0.1) is 0 Å². The second kappa shape index (κ2) is 13.3. The van der Waals surface area contributed by atoms with Crippen LogP contribution in [-0.2, 0) is 14.3 Å². The van der Waals surface area contributed by atoms with Crippen molar-refractivity contribution in [3.8, 4) is 0 Å². The van der Waals surface area contributed by atoms with Gasteiger partial charge in [-0.15, -0.1) is 0 Å². The number of rotatable bonds is 14. The lowest BCUT2D eigenvalue weighted by Gasteiger charge is -2.22. The van der Waals surface area contributed by atoms with Crippen molar-refractivity contribution >= 4 is 11.8 Å². The van der Waals surface area contributed by atoms with Crippen molar-refractivity contribution in [2.45, 2.75) is 75.8 Å². The summed E-state index contributed by atoms with van der Waals surface area (Å²) in [5.74, 6) is -1.18. The Morgan fingerprint density at radius 1 is 0.917 bits per heavy atom. The third-order valence-electron chi connectivity index (χ3n) is 3.86. The van der Waals surface area contributed by atoms with E-state index in [2.05, 4.69) is 4.74 Å². The second-order valence-electron chi connectivity index (χ2n) is 5.84. The molecule has 0 aliphatic heterocycles. The highest BCUT2D eigenvalue weighted by atomic mass is 16.5. The molecule has 0 aromatic carbocycles. The lowest BCUT2D eigenvalue weighted by molar-refractivity contribution is -0.148. The molecule has 0 aromatic rings. The Hall–Kier alpha value is -1.06.